The molecule has 0 heterocycles. The Hall–Kier alpha value is -0.0400. The van der Waals surface area contributed by atoms with Crippen LogP contribution in [-0.2, 0) is 4.74 Å². The Morgan fingerprint density at radius 2 is 2.09 bits per heavy atom. The number of hydrogen-bond acceptors (Lipinski definition) is 1. The van der Waals surface area contributed by atoms with Gasteiger partial charge in [0.2, 0.25) is 0 Å². The van der Waals surface area contributed by atoms with Crippen molar-refractivity contribution in [3.05, 3.63) is 0 Å². The third-order valence-corrected chi connectivity index (χ3v) is 4.23. The van der Waals surface area contributed by atoms with Crippen LogP contribution in [0.2, 0.25) is 0 Å². The number of ether oxygens (including phenoxy) is 1. The summed E-state index contributed by atoms with van der Waals surface area (Å²) in [6.45, 7) is 4.78. The summed E-state index contributed by atoms with van der Waals surface area (Å²) in [5.41, 5.74) is 0.549. The van der Waals surface area contributed by atoms with Crippen molar-refractivity contribution in [3.63, 3.8) is 0 Å². The average molecular weight is 154 g/mol. The molecule has 0 aromatic heterocycles. The molecule has 0 unspecified atom stereocenters. The van der Waals surface area contributed by atoms with Crippen molar-refractivity contribution in [2.45, 2.75) is 39.2 Å². The molecule has 2 aliphatic carbocycles. The molecule has 1 heteroatoms. The van der Waals surface area contributed by atoms with Gasteiger partial charge in [-0.05, 0) is 30.1 Å². The molecule has 4 atom stereocenters. The molecule has 0 aliphatic heterocycles. The molecule has 0 saturated heterocycles. The first-order chi connectivity index (χ1) is 5.21. The topological polar surface area (TPSA) is 9.23 Å². The van der Waals surface area contributed by atoms with E-state index in [9.17, 15) is 0 Å². The van der Waals surface area contributed by atoms with Gasteiger partial charge in [0.25, 0.3) is 0 Å². The maximum absolute atomic E-state index is 5.52. The molecule has 64 valence electrons. The molecule has 2 saturated carbocycles. The van der Waals surface area contributed by atoms with Crippen LogP contribution < -0.4 is 0 Å². The van der Waals surface area contributed by atoms with Crippen LogP contribution in [0.4, 0.5) is 0 Å². The van der Waals surface area contributed by atoms with E-state index in [1.165, 1.54) is 19.3 Å². The van der Waals surface area contributed by atoms with Gasteiger partial charge in [-0.25, -0.2) is 0 Å². The molecule has 0 spiro atoms. The monoisotopic (exact) mass is 154 g/mol. The number of hydrogen-bond donors (Lipinski definition) is 0. The lowest BCUT2D eigenvalue weighted by atomic mass is 9.87. The highest BCUT2D eigenvalue weighted by molar-refractivity contribution is 5.11. The molecular formula is C10H18O. The average Bonchev–Trinajstić information content (AvgIpc) is 2.55. The van der Waals surface area contributed by atoms with Crippen molar-refractivity contribution in [2.75, 3.05) is 7.11 Å². The minimum absolute atomic E-state index is 0.549. The second-order valence-corrected chi connectivity index (χ2v) is 4.42. The summed E-state index contributed by atoms with van der Waals surface area (Å²) in [7, 11) is 1.86. The van der Waals surface area contributed by atoms with Gasteiger partial charge in [-0.15, -0.1) is 0 Å². The molecule has 11 heavy (non-hydrogen) atoms. The normalized spacial score (nSPS) is 55.4. The Morgan fingerprint density at radius 1 is 1.36 bits per heavy atom. The highest BCUT2D eigenvalue weighted by atomic mass is 16.5. The van der Waals surface area contributed by atoms with E-state index in [1.54, 1.807) is 0 Å². The summed E-state index contributed by atoms with van der Waals surface area (Å²) in [6.07, 6.45) is 4.66. The maximum Gasteiger partial charge on any atom is 0.0630 e. The summed E-state index contributed by atoms with van der Waals surface area (Å²) < 4.78 is 5.52. The van der Waals surface area contributed by atoms with Crippen LogP contribution >= 0.6 is 0 Å². The van der Waals surface area contributed by atoms with Gasteiger partial charge >= 0.3 is 0 Å². The van der Waals surface area contributed by atoms with Crippen LogP contribution in [0.1, 0.15) is 33.1 Å². The largest absolute Gasteiger partial charge is 0.381 e. The Bertz CT molecular complexity index is 166. The van der Waals surface area contributed by atoms with Crippen molar-refractivity contribution >= 4 is 0 Å². The molecule has 0 aromatic rings. The van der Waals surface area contributed by atoms with Crippen molar-refractivity contribution in [2.24, 2.45) is 17.3 Å². The van der Waals surface area contributed by atoms with Crippen LogP contribution in [0.25, 0.3) is 0 Å². The second-order valence-electron chi connectivity index (χ2n) is 4.42. The van der Waals surface area contributed by atoms with Crippen LogP contribution in [0, 0.1) is 17.3 Å². The molecule has 1 nitrogen and oxygen atoms in total. The molecule has 2 rings (SSSR count). The van der Waals surface area contributed by atoms with Crippen LogP contribution in [0.15, 0.2) is 0 Å². The molecule has 2 fully saturated rings. The van der Waals surface area contributed by atoms with E-state index in [1.807, 2.05) is 7.11 Å². The molecular weight excluding hydrogens is 136 g/mol. The Kier molecular flexibility index (Phi) is 1.54. The highest BCUT2D eigenvalue weighted by Crippen LogP contribution is 2.66. The Balaban J connectivity index is 2.12. The van der Waals surface area contributed by atoms with E-state index in [0.717, 1.165) is 11.8 Å². The van der Waals surface area contributed by atoms with Gasteiger partial charge in [-0.1, -0.05) is 20.3 Å². The summed E-state index contributed by atoms with van der Waals surface area (Å²) >= 11 is 0. The second kappa shape index (κ2) is 2.22. The minimum atomic E-state index is 0.549. The fourth-order valence-electron chi connectivity index (χ4n) is 3.16. The van der Waals surface area contributed by atoms with Crippen LogP contribution in [0.5, 0.6) is 0 Å². The summed E-state index contributed by atoms with van der Waals surface area (Å²) in [5.74, 6) is 1.89. The Morgan fingerprint density at radius 3 is 2.64 bits per heavy atom. The van der Waals surface area contributed by atoms with Gasteiger partial charge in [0.05, 0.1) is 6.10 Å². The van der Waals surface area contributed by atoms with Gasteiger partial charge in [-0.2, -0.15) is 0 Å². The first kappa shape index (κ1) is 7.60. The zero-order valence-electron chi connectivity index (χ0n) is 7.76. The highest BCUT2D eigenvalue weighted by Gasteiger charge is 2.63. The predicted molar refractivity (Wildman–Crippen MR) is 45.4 cm³/mol. The lowest BCUT2D eigenvalue weighted by Gasteiger charge is -2.27. The summed E-state index contributed by atoms with van der Waals surface area (Å²) in [6, 6.07) is 0. The first-order valence-electron chi connectivity index (χ1n) is 4.74. The lowest BCUT2D eigenvalue weighted by Crippen LogP contribution is -2.27. The quantitative estimate of drug-likeness (QED) is 0.563. The standard InChI is InChI=1S/C10H18O/c1-7-8-5-4-6-9(11-3)10(7,8)2/h7-9H,4-6H2,1-3H3/t7-,8-,9+,10+/m0/s1. The zero-order chi connectivity index (χ0) is 8.06. The first-order valence-corrected chi connectivity index (χ1v) is 4.74. The van der Waals surface area contributed by atoms with Gasteiger partial charge in [-0.3, -0.25) is 0 Å². The number of rotatable bonds is 1. The zero-order valence-corrected chi connectivity index (χ0v) is 7.76. The number of fused-ring (bicyclic) bond motifs is 1. The Labute approximate surface area is 69.1 Å². The van der Waals surface area contributed by atoms with Crippen molar-refractivity contribution in [1.82, 2.24) is 0 Å². The fraction of sp³-hybridized carbons (Fsp3) is 1.00. The van der Waals surface area contributed by atoms with Gasteiger partial charge < -0.3 is 4.74 Å². The summed E-state index contributed by atoms with van der Waals surface area (Å²) in [4.78, 5) is 0. The third kappa shape index (κ3) is 0.807. The van der Waals surface area contributed by atoms with Crippen molar-refractivity contribution in [3.8, 4) is 0 Å². The van der Waals surface area contributed by atoms with E-state index < -0.39 is 0 Å². The minimum Gasteiger partial charge on any atom is -0.381 e. The fourth-order valence-corrected chi connectivity index (χ4v) is 3.16. The van der Waals surface area contributed by atoms with E-state index in [0.29, 0.717) is 11.5 Å². The van der Waals surface area contributed by atoms with Gasteiger partial charge in [0, 0.05) is 7.11 Å². The van der Waals surface area contributed by atoms with Crippen LogP contribution in [0.3, 0.4) is 0 Å². The molecule has 0 bridgehead atoms. The number of methoxy groups -OCH3 is 1. The van der Waals surface area contributed by atoms with Crippen molar-refractivity contribution in [1.29, 1.82) is 0 Å². The maximum atomic E-state index is 5.52. The van der Waals surface area contributed by atoms with Gasteiger partial charge in [0.1, 0.15) is 0 Å². The predicted octanol–water partition coefficient (Wildman–Crippen LogP) is 2.46. The lowest BCUT2D eigenvalue weighted by molar-refractivity contribution is 0.0151. The van der Waals surface area contributed by atoms with Crippen LogP contribution in [-0.4, -0.2) is 13.2 Å². The molecule has 0 radical (unpaired) electrons. The molecule has 0 N–H and O–H groups in total. The third-order valence-electron chi connectivity index (χ3n) is 4.23. The van der Waals surface area contributed by atoms with E-state index in [2.05, 4.69) is 13.8 Å². The smallest absolute Gasteiger partial charge is 0.0630 e. The molecule has 2 aliphatic rings. The van der Waals surface area contributed by atoms with Crippen molar-refractivity contribution < 1.29 is 4.74 Å². The molecule has 0 amide bonds. The van der Waals surface area contributed by atoms with Gasteiger partial charge in [0.15, 0.2) is 0 Å². The van der Waals surface area contributed by atoms with E-state index in [4.69, 9.17) is 4.74 Å². The molecule has 0 aromatic carbocycles. The summed E-state index contributed by atoms with van der Waals surface area (Å²) in [5, 5.41) is 0. The SMILES string of the molecule is CO[C@@H]1CCC[C@H]2[C@H](C)[C@@]12C. The van der Waals surface area contributed by atoms with E-state index in [-0.39, 0.29) is 0 Å². The van der Waals surface area contributed by atoms with E-state index >= 15 is 0 Å².